The van der Waals surface area contributed by atoms with Crippen LogP contribution in [0.15, 0.2) is 18.2 Å². The summed E-state index contributed by atoms with van der Waals surface area (Å²) in [5.41, 5.74) is 0.633. The molecule has 0 aliphatic carbocycles. The van der Waals surface area contributed by atoms with Crippen LogP contribution in [0.25, 0.3) is 6.08 Å². The third kappa shape index (κ3) is 6.21. The normalized spacial score (nSPS) is 12.6. The zero-order valence-corrected chi connectivity index (χ0v) is 15.4. The molecular weight excluding hydrogens is 356 g/mol. The summed E-state index contributed by atoms with van der Waals surface area (Å²) in [6.07, 6.45) is 2.65. The molecule has 1 aromatic rings. The molecule has 0 atom stereocenters. The van der Waals surface area contributed by atoms with Gasteiger partial charge in [-0.3, -0.25) is 10.1 Å². The molecule has 1 aromatic carbocycles. The van der Waals surface area contributed by atoms with Gasteiger partial charge in [-0.1, -0.05) is 0 Å². The molecule has 1 aliphatic heterocycles. The molecule has 0 fully saturated rings. The first-order valence-corrected chi connectivity index (χ1v) is 8.32. The van der Waals surface area contributed by atoms with E-state index in [1.807, 2.05) is 0 Å². The van der Waals surface area contributed by atoms with Gasteiger partial charge in [-0.2, -0.15) is 0 Å². The van der Waals surface area contributed by atoms with Crippen LogP contribution in [-0.2, 0) is 14.3 Å². The summed E-state index contributed by atoms with van der Waals surface area (Å²) < 4.78 is 21.1. The second kappa shape index (κ2) is 9.46. The van der Waals surface area contributed by atoms with Crippen LogP contribution in [-0.4, -0.2) is 50.9 Å². The van der Waals surface area contributed by atoms with Crippen molar-refractivity contribution in [1.82, 2.24) is 10.6 Å². The Bertz CT molecular complexity index is 726. The fourth-order valence-electron chi connectivity index (χ4n) is 2.20. The molecule has 0 spiro atoms. The third-order valence-corrected chi connectivity index (χ3v) is 3.28. The molecule has 27 heavy (non-hydrogen) atoms. The van der Waals surface area contributed by atoms with E-state index < -0.39 is 24.5 Å². The number of fused-ring (bicyclic) bond motifs is 1. The van der Waals surface area contributed by atoms with Gasteiger partial charge in [0.25, 0.3) is 5.91 Å². The van der Waals surface area contributed by atoms with E-state index in [9.17, 15) is 14.4 Å². The highest BCUT2D eigenvalue weighted by atomic mass is 16.6. The van der Waals surface area contributed by atoms with Crippen LogP contribution in [0.5, 0.6) is 17.2 Å². The highest BCUT2D eigenvalue weighted by Gasteiger charge is 2.18. The molecule has 1 aliphatic rings. The monoisotopic (exact) mass is 378 g/mol. The first-order valence-electron chi connectivity index (χ1n) is 8.32. The van der Waals surface area contributed by atoms with Crippen LogP contribution in [0.3, 0.4) is 0 Å². The van der Waals surface area contributed by atoms with Crippen molar-refractivity contribution in [2.45, 2.75) is 19.9 Å². The lowest BCUT2D eigenvalue weighted by Crippen LogP contribution is -2.43. The minimum atomic E-state index is -0.733. The van der Waals surface area contributed by atoms with Crippen LogP contribution in [0.2, 0.25) is 0 Å². The van der Waals surface area contributed by atoms with Gasteiger partial charge in [-0.25, -0.2) is 9.59 Å². The molecule has 3 amide bonds. The summed E-state index contributed by atoms with van der Waals surface area (Å²) in [6.45, 7) is 3.79. The average Bonchev–Trinajstić information content (AvgIpc) is 2.63. The lowest BCUT2D eigenvalue weighted by molar-refractivity contribution is -0.143. The van der Waals surface area contributed by atoms with Gasteiger partial charge in [-0.15, -0.1) is 0 Å². The van der Waals surface area contributed by atoms with Crippen molar-refractivity contribution in [1.29, 1.82) is 0 Å². The first kappa shape index (κ1) is 20.1. The number of carbonyl (C=O) groups excluding carboxylic acids is 3. The van der Waals surface area contributed by atoms with Gasteiger partial charge in [0.1, 0.15) is 13.2 Å². The predicted molar refractivity (Wildman–Crippen MR) is 95.8 cm³/mol. The summed E-state index contributed by atoms with van der Waals surface area (Å²) in [6, 6.07) is 2.61. The van der Waals surface area contributed by atoms with Gasteiger partial charge in [0.15, 0.2) is 18.1 Å². The van der Waals surface area contributed by atoms with Gasteiger partial charge in [-0.05, 0) is 37.6 Å². The molecule has 0 unspecified atom stereocenters. The number of ether oxygens (including phenoxy) is 4. The van der Waals surface area contributed by atoms with E-state index in [1.54, 1.807) is 26.0 Å². The number of benzene rings is 1. The number of urea groups is 1. The summed E-state index contributed by atoms with van der Waals surface area (Å²) >= 11 is 0. The number of hydrogen-bond acceptors (Lipinski definition) is 7. The summed E-state index contributed by atoms with van der Waals surface area (Å²) in [4.78, 5) is 34.7. The SMILES string of the molecule is COc1cc(/C=C/C(=O)OCC(=O)NC(=O)NC(C)C)cc2c1OCCO2. The van der Waals surface area contributed by atoms with Gasteiger partial charge in [0.2, 0.25) is 5.75 Å². The molecule has 0 saturated heterocycles. The Morgan fingerprint density at radius 3 is 2.67 bits per heavy atom. The largest absolute Gasteiger partial charge is 0.493 e. The van der Waals surface area contributed by atoms with Crippen LogP contribution >= 0.6 is 0 Å². The Morgan fingerprint density at radius 2 is 1.96 bits per heavy atom. The smallest absolute Gasteiger partial charge is 0.331 e. The first-order chi connectivity index (χ1) is 12.9. The zero-order valence-electron chi connectivity index (χ0n) is 15.4. The molecule has 146 valence electrons. The molecule has 1 heterocycles. The maximum absolute atomic E-state index is 11.8. The van der Waals surface area contributed by atoms with E-state index >= 15 is 0 Å². The van der Waals surface area contributed by atoms with E-state index in [0.717, 1.165) is 6.08 Å². The third-order valence-electron chi connectivity index (χ3n) is 3.28. The van der Waals surface area contributed by atoms with Gasteiger partial charge in [0, 0.05) is 12.1 Å². The van der Waals surface area contributed by atoms with Gasteiger partial charge in [0.05, 0.1) is 7.11 Å². The van der Waals surface area contributed by atoms with Crippen LogP contribution in [0.4, 0.5) is 4.79 Å². The van der Waals surface area contributed by atoms with Crippen molar-refractivity contribution >= 4 is 24.0 Å². The molecule has 9 heteroatoms. The molecule has 2 N–H and O–H groups in total. The number of methoxy groups -OCH3 is 1. The summed E-state index contributed by atoms with van der Waals surface area (Å²) in [5.74, 6) is 0.0546. The maximum atomic E-state index is 11.8. The Morgan fingerprint density at radius 1 is 1.22 bits per heavy atom. The lowest BCUT2D eigenvalue weighted by Gasteiger charge is -2.20. The second-order valence-electron chi connectivity index (χ2n) is 5.86. The van der Waals surface area contributed by atoms with Gasteiger partial charge >= 0.3 is 12.0 Å². The Balaban J connectivity index is 1.89. The second-order valence-corrected chi connectivity index (χ2v) is 5.86. The van der Waals surface area contributed by atoms with Gasteiger partial charge < -0.3 is 24.3 Å². The van der Waals surface area contributed by atoms with Crippen molar-refractivity contribution in [3.05, 3.63) is 23.8 Å². The predicted octanol–water partition coefficient (Wildman–Crippen LogP) is 1.26. The van der Waals surface area contributed by atoms with Crippen LogP contribution in [0, 0.1) is 0 Å². The van der Waals surface area contributed by atoms with Crippen molar-refractivity contribution in [3.63, 3.8) is 0 Å². The zero-order chi connectivity index (χ0) is 19.8. The lowest BCUT2D eigenvalue weighted by atomic mass is 10.1. The van der Waals surface area contributed by atoms with Crippen molar-refractivity contribution in [3.8, 4) is 17.2 Å². The van der Waals surface area contributed by atoms with Crippen LogP contribution < -0.4 is 24.8 Å². The maximum Gasteiger partial charge on any atom is 0.331 e. The molecule has 0 radical (unpaired) electrons. The minimum absolute atomic E-state index is 0.119. The minimum Gasteiger partial charge on any atom is -0.493 e. The van der Waals surface area contributed by atoms with Crippen LogP contribution in [0.1, 0.15) is 19.4 Å². The van der Waals surface area contributed by atoms with E-state index in [2.05, 4.69) is 10.6 Å². The molecule has 0 aromatic heterocycles. The Labute approximate surface area is 156 Å². The molecule has 2 rings (SSSR count). The number of rotatable bonds is 6. The number of esters is 1. The van der Waals surface area contributed by atoms with E-state index in [4.69, 9.17) is 18.9 Å². The number of amides is 3. The topological polar surface area (TPSA) is 112 Å². The molecular formula is C18H22N2O7. The summed E-state index contributed by atoms with van der Waals surface area (Å²) in [7, 11) is 1.50. The standard InChI is InChI=1S/C18H22N2O7/c1-11(2)19-18(23)20-15(21)10-27-16(22)5-4-12-8-13(24-3)17-14(9-12)25-6-7-26-17/h4-5,8-9,11H,6-7,10H2,1-3H3,(H2,19,20,21,23)/b5-4+. The van der Waals surface area contributed by atoms with E-state index in [1.165, 1.54) is 13.2 Å². The number of nitrogens with one attached hydrogen (secondary N) is 2. The Hall–Kier alpha value is -3.23. The van der Waals surface area contributed by atoms with Crippen molar-refractivity contribution in [2.24, 2.45) is 0 Å². The number of hydrogen-bond donors (Lipinski definition) is 2. The number of carbonyl (C=O) groups is 3. The fraction of sp³-hybridized carbons (Fsp3) is 0.389. The molecule has 0 saturated carbocycles. The van der Waals surface area contributed by atoms with Crippen molar-refractivity contribution < 1.29 is 33.3 Å². The average molecular weight is 378 g/mol. The quantitative estimate of drug-likeness (QED) is 0.566. The van der Waals surface area contributed by atoms with E-state index in [-0.39, 0.29) is 6.04 Å². The van der Waals surface area contributed by atoms with Crippen molar-refractivity contribution in [2.75, 3.05) is 26.9 Å². The highest BCUT2D eigenvalue weighted by Crippen LogP contribution is 2.40. The van der Waals surface area contributed by atoms with E-state index in [0.29, 0.717) is 36.0 Å². The summed E-state index contributed by atoms with van der Waals surface area (Å²) in [5, 5.41) is 4.54. The Kier molecular flexibility index (Phi) is 7.04. The fourth-order valence-corrected chi connectivity index (χ4v) is 2.20. The molecule has 9 nitrogen and oxygen atoms in total. The highest BCUT2D eigenvalue weighted by molar-refractivity contribution is 5.96. The molecule has 0 bridgehead atoms. The number of imide groups is 1.